The molecule has 0 aromatic carbocycles. The fourth-order valence-corrected chi connectivity index (χ4v) is 4.42. The lowest BCUT2D eigenvalue weighted by atomic mass is 9.66. The second kappa shape index (κ2) is 6.33. The third-order valence-corrected chi connectivity index (χ3v) is 6.33. The Balaban J connectivity index is 1.43. The average Bonchev–Trinajstić information content (AvgIpc) is 2.45. The van der Waals surface area contributed by atoms with E-state index >= 15 is 0 Å². The Kier molecular flexibility index (Phi) is 4.68. The van der Waals surface area contributed by atoms with Crippen molar-refractivity contribution in [1.82, 2.24) is 14.7 Å². The topological polar surface area (TPSA) is 9.72 Å². The van der Waals surface area contributed by atoms with Gasteiger partial charge in [0.25, 0.3) is 0 Å². The smallest absolute Gasteiger partial charge is 0.0121 e. The number of hydrogen-bond donors (Lipinski definition) is 0. The molecule has 2 aliphatic heterocycles. The van der Waals surface area contributed by atoms with Crippen molar-refractivity contribution in [2.24, 2.45) is 5.41 Å². The van der Waals surface area contributed by atoms with E-state index in [0.29, 0.717) is 5.41 Å². The van der Waals surface area contributed by atoms with Gasteiger partial charge in [0.15, 0.2) is 0 Å². The molecule has 2 saturated heterocycles. The second-order valence-electron chi connectivity index (χ2n) is 7.55. The quantitative estimate of drug-likeness (QED) is 0.782. The van der Waals surface area contributed by atoms with Gasteiger partial charge in [0.2, 0.25) is 0 Å². The van der Waals surface area contributed by atoms with Crippen molar-refractivity contribution in [2.75, 3.05) is 52.9 Å². The summed E-state index contributed by atoms with van der Waals surface area (Å²) >= 11 is 0. The van der Waals surface area contributed by atoms with Crippen LogP contribution < -0.4 is 0 Å². The number of piperidine rings is 1. The van der Waals surface area contributed by atoms with Crippen LogP contribution in [0.1, 0.15) is 45.4 Å². The molecular formula is C17H33N3. The molecule has 3 nitrogen and oxygen atoms in total. The van der Waals surface area contributed by atoms with Crippen LogP contribution in [0.5, 0.6) is 0 Å². The summed E-state index contributed by atoms with van der Waals surface area (Å²) in [6.07, 6.45) is 8.60. The van der Waals surface area contributed by atoms with Gasteiger partial charge in [-0.3, -0.25) is 4.90 Å². The molecule has 20 heavy (non-hydrogen) atoms. The van der Waals surface area contributed by atoms with Gasteiger partial charge in [-0.05, 0) is 57.7 Å². The minimum atomic E-state index is 0.704. The normalized spacial score (nSPS) is 30.3. The number of rotatable bonds is 4. The summed E-state index contributed by atoms with van der Waals surface area (Å²) in [5, 5.41) is 0. The fourth-order valence-electron chi connectivity index (χ4n) is 4.42. The Morgan fingerprint density at radius 3 is 2.10 bits per heavy atom. The summed E-state index contributed by atoms with van der Waals surface area (Å²) in [6, 6.07) is 0.872. The summed E-state index contributed by atoms with van der Waals surface area (Å²) in [5.41, 5.74) is 0.704. The summed E-state index contributed by atoms with van der Waals surface area (Å²) in [6.45, 7) is 11.6. The molecule has 3 aliphatic rings. The lowest BCUT2D eigenvalue weighted by Gasteiger charge is -2.48. The van der Waals surface area contributed by atoms with Crippen molar-refractivity contribution in [3.8, 4) is 0 Å². The average molecular weight is 279 g/mol. The van der Waals surface area contributed by atoms with Gasteiger partial charge in [-0.25, -0.2) is 0 Å². The Hall–Kier alpha value is -0.120. The van der Waals surface area contributed by atoms with E-state index in [0.717, 1.165) is 6.04 Å². The third-order valence-electron chi connectivity index (χ3n) is 6.33. The highest BCUT2D eigenvalue weighted by Gasteiger charge is 2.37. The maximum absolute atomic E-state index is 2.78. The van der Waals surface area contributed by atoms with E-state index in [9.17, 15) is 0 Å². The van der Waals surface area contributed by atoms with Crippen LogP contribution >= 0.6 is 0 Å². The van der Waals surface area contributed by atoms with Gasteiger partial charge in [-0.1, -0.05) is 13.3 Å². The van der Waals surface area contributed by atoms with Crippen LogP contribution in [0, 0.1) is 5.41 Å². The molecule has 3 heteroatoms. The van der Waals surface area contributed by atoms with Crippen molar-refractivity contribution in [2.45, 2.75) is 51.5 Å². The molecule has 1 aliphatic carbocycles. The zero-order chi connectivity index (χ0) is 14.0. The van der Waals surface area contributed by atoms with Crippen molar-refractivity contribution in [3.05, 3.63) is 0 Å². The molecule has 0 bridgehead atoms. The van der Waals surface area contributed by atoms with Gasteiger partial charge in [-0.15, -0.1) is 0 Å². The monoisotopic (exact) mass is 279 g/mol. The minimum absolute atomic E-state index is 0.704. The van der Waals surface area contributed by atoms with Crippen molar-refractivity contribution in [3.63, 3.8) is 0 Å². The Morgan fingerprint density at radius 1 is 0.950 bits per heavy atom. The molecule has 1 saturated carbocycles. The van der Waals surface area contributed by atoms with Crippen LogP contribution in [0.15, 0.2) is 0 Å². The number of hydrogen-bond acceptors (Lipinski definition) is 3. The molecule has 0 amide bonds. The van der Waals surface area contributed by atoms with Gasteiger partial charge >= 0.3 is 0 Å². The highest BCUT2D eigenvalue weighted by molar-refractivity contribution is 4.91. The van der Waals surface area contributed by atoms with E-state index in [4.69, 9.17) is 0 Å². The molecule has 0 unspecified atom stereocenters. The molecule has 0 atom stereocenters. The number of nitrogens with zero attached hydrogens (tertiary/aromatic N) is 3. The maximum atomic E-state index is 2.78. The number of likely N-dealkylation sites (tertiary alicyclic amines) is 1. The van der Waals surface area contributed by atoms with Gasteiger partial charge < -0.3 is 9.80 Å². The molecule has 0 radical (unpaired) electrons. The summed E-state index contributed by atoms with van der Waals surface area (Å²) < 4.78 is 0. The van der Waals surface area contributed by atoms with E-state index in [1.807, 2.05) is 0 Å². The summed E-state index contributed by atoms with van der Waals surface area (Å²) in [5.74, 6) is 0. The molecule has 2 heterocycles. The Morgan fingerprint density at radius 2 is 1.60 bits per heavy atom. The summed E-state index contributed by atoms with van der Waals surface area (Å²) in [7, 11) is 2.26. The van der Waals surface area contributed by atoms with Crippen molar-refractivity contribution < 1.29 is 0 Å². The van der Waals surface area contributed by atoms with E-state index in [1.165, 1.54) is 84.3 Å². The van der Waals surface area contributed by atoms with E-state index < -0.39 is 0 Å². The van der Waals surface area contributed by atoms with Crippen LogP contribution in [-0.4, -0.2) is 73.6 Å². The highest BCUT2D eigenvalue weighted by atomic mass is 15.3. The van der Waals surface area contributed by atoms with E-state index in [2.05, 4.69) is 28.7 Å². The number of piperazine rings is 1. The molecular weight excluding hydrogens is 246 g/mol. The van der Waals surface area contributed by atoms with Crippen LogP contribution in [0.25, 0.3) is 0 Å². The lowest BCUT2D eigenvalue weighted by Crippen LogP contribution is -2.55. The van der Waals surface area contributed by atoms with Gasteiger partial charge in [0.1, 0.15) is 0 Å². The molecule has 3 fully saturated rings. The van der Waals surface area contributed by atoms with E-state index in [1.54, 1.807) is 0 Å². The minimum Gasteiger partial charge on any atom is -0.306 e. The maximum Gasteiger partial charge on any atom is 0.0121 e. The largest absolute Gasteiger partial charge is 0.306 e. The summed E-state index contributed by atoms with van der Waals surface area (Å²) in [4.78, 5) is 8.02. The van der Waals surface area contributed by atoms with Crippen molar-refractivity contribution in [1.29, 1.82) is 0 Å². The fraction of sp³-hybridized carbons (Fsp3) is 1.00. The molecule has 0 aromatic rings. The first-order valence-electron chi connectivity index (χ1n) is 8.86. The molecule has 0 spiro atoms. The lowest BCUT2D eigenvalue weighted by molar-refractivity contribution is 0.0159. The van der Waals surface area contributed by atoms with Crippen LogP contribution in [-0.2, 0) is 0 Å². The molecule has 116 valence electrons. The SMILES string of the molecule is CCC1(CN2CCN(C3CCN(C)CC3)CC2)CCC1. The zero-order valence-corrected chi connectivity index (χ0v) is 13.6. The molecule has 0 N–H and O–H groups in total. The first kappa shape index (κ1) is 14.8. The first-order chi connectivity index (χ1) is 9.71. The van der Waals surface area contributed by atoms with Crippen LogP contribution in [0.3, 0.4) is 0 Å². The van der Waals surface area contributed by atoms with E-state index in [-0.39, 0.29) is 0 Å². The van der Waals surface area contributed by atoms with Crippen LogP contribution in [0.2, 0.25) is 0 Å². The predicted octanol–water partition coefficient (Wildman–Crippen LogP) is 2.28. The van der Waals surface area contributed by atoms with Gasteiger partial charge in [0.05, 0.1) is 0 Å². The Labute approximate surface area is 125 Å². The van der Waals surface area contributed by atoms with Crippen molar-refractivity contribution >= 4 is 0 Å². The van der Waals surface area contributed by atoms with Gasteiger partial charge in [-0.2, -0.15) is 0 Å². The first-order valence-corrected chi connectivity index (χ1v) is 8.86. The third kappa shape index (κ3) is 3.20. The standard InChI is InChI=1S/C17H33N3/c1-3-17(7-4-8-17)15-19-11-13-20(14-12-19)16-5-9-18(2)10-6-16/h16H,3-15H2,1-2H3. The van der Waals surface area contributed by atoms with Gasteiger partial charge in [0, 0.05) is 38.8 Å². The molecule has 0 aromatic heterocycles. The second-order valence-corrected chi connectivity index (χ2v) is 7.55. The zero-order valence-electron chi connectivity index (χ0n) is 13.6. The predicted molar refractivity (Wildman–Crippen MR) is 85.1 cm³/mol. The van der Waals surface area contributed by atoms with Crippen LogP contribution in [0.4, 0.5) is 0 Å². The highest BCUT2D eigenvalue weighted by Crippen LogP contribution is 2.44. The Bertz CT molecular complexity index is 292. The molecule has 3 rings (SSSR count).